The lowest BCUT2D eigenvalue weighted by molar-refractivity contribution is 0.0855. The monoisotopic (exact) mass is 449 g/mol. The average molecular weight is 450 g/mol. The van der Waals surface area contributed by atoms with E-state index >= 15 is 0 Å². The molecule has 29 heavy (non-hydrogen) atoms. The second-order valence-corrected chi connectivity index (χ2v) is 10.6. The molecule has 3 aromatic heterocycles. The van der Waals surface area contributed by atoms with Gasteiger partial charge in [-0.3, -0.25) is 9.29 Å². The number of fused-ring (bicyclic) bond motifs is 1. The Bertz CT molecular complexity index is 1150. The Morgan fingerprint density at radius 2 is 2.07 bits per heavy atom. The van der Waals surface area contributed by atoms with Gasteiger partial charge in [0.1, 0.15) is 32.5 Å². The highest BCUT2D eigenvalue weighted by Crippen LogP contribution is 2.41. The Balaban J connectivity index is 1.76. The van der Waals surface area contributed by atoms with Crippen molar-refractivity contribution in [2.45, 2.75) is 26.4 Å². The van der Waals surface area contributed by atoms with E-state index in [1.165, 1.54) is 33.2 Å². The van der Waals surface area contributed by atoms with Crippen LogP contribution in [0, 0.1) is 0 Å². The normalized spacial score (nSPS) is 15.7. The average Bonchev–Trinajstić information content (AvgIpc) is 3.33. The van der Waals surface area contributed by atoms with E-state index in [1.807, 2.05) is 26.0 Å². The molecule has 0 aromatic carbocycles. The van der Waals surface area contributed by atoms with Crippen LogP contribution in [0.5, 0.6) is 0 Å². The minimum Gasteiger partial charge on any atom is -0.393 e. The number of hydrogen-bond donors (Lipinski definition) is 0. The molecule has 0 fully saturated rings. The molecule has 3 aromatic rings. The van der Waals surface area contributed by atoms with Gasteiger partial charge in [0.2, 0.25) is 10.0 Å². The summed E-state index contributed by atoms with van der Waals surface area (Å²) < 4.78 is 25.9. The van der Waals surface area contributed by atoms with Crippen molar-refractivity contribution in [3.05, 3.63) is 36.4 Å². The van der Waals surface area contributed by atoms with Gasteiger partial charge in [0.05, 0.1) is 11.1 Å². The van der Waals surface area contributed by atoms with E-state index in [2.05, 4.69) is 15.1 Å². The van der Waals surface area contributed by atoms with Crippen LogP contribution in [-0.2, 0) is 14.9 Å². The van der Waals surface area contributed by atoms with Gasteiger partial charge in [-0.1, -0.05) is 16.5 Å². The molecule has 8 nitrogen and oxygen atoms in total. The molecule has 0 atom stereocenters. The third kappa shape index (κ3) is 4.16. The molecule has 4 heterocycles. The molecule has 0 N–H and O–H groups in total. The highest BCUT2D eigenvalue weighted by Gasteiger charge is 2.32. The lowest BCUT2D eigenvalue weighted by Gasteiger charge is -2.25. The molecule has 0 spiro atoms. The number of aromatic nitrogens is 3. The molecular weight excluding hydrogens is 430 g/mol. The standard InChI is InChI=1S/C18H19N5O3S3/c1-11(2)26-22-13-6-8-23(29(3,24)25)18-15(13)21-17(28-18)14-10-20-16(27-14)12-5-4-7-19-9-12/h4-5,7,9-11H,6,8H2,1-3H3. The van der Waals surface area contributed by atoms with Gasteiger partial charge in [-0.2, -0.15) is 0 Å². The minimum absolute atomic E-state index is 0.0690. The Kier molecular flexibility index (Phi) is 5.36. The quantitative estimate of drug-likeness (QED) is 0.552. The smallest absolute Gasteiger partial charge is 0.232 e. The van der Waals surface area contributed by atoms with Crippen molar-refractivity contribution in [3.8, 4) is 20.5 Å². The van der Waals surface area contributed by atoms with E-state index < -0.39 is 10.0 Å². The highest BCUT2D eigenvalue weighted by molar-refractivity contribution is 7.92. The maximum atomic E-state index is 12.3. The molecule has 0 saturated carbocycles. The summed E-state index contributed by atoms with van der Waals surface area (Å²) in [6, 6.07) is 3.81. The van der Waals surface area contributed by atoms with Crippen molar-refractivity contribution < 1.29 is 13.3 Å². The second kappa shape index (κ2) is 7.81. The fraction of sp³-hybridized carbons (Fsp3) is 0.333. The van der Waals surface area contributed by atoms with Gasteiger partial charge in [-0.25, -0.2) is 18.4 Å². The summed E-state index contributed by atoms with van der Waals surface area (Å²) in [5.41, 5.74) is 2.14. The van der Waals surface area contributed by atoms with Gasteiger partial charge in [-0.05, 0) is 26.0 Å². The molecule has 4 rings (SSSR count). The van der Waals surface area contributed by atoms with Crippen molar-refractivity contribution in [3.63, 3.8) is 0 Å². The Morgan fingerprint density at radius 1 is 1.24 bits per heavy atom. The van der Waals surface area contributed by atoms with Crippen LogP contribution in [0.3, 0.4) is 0 Å². The number of hydrogen-bond acceptors (Lipinski definition) is 9. The fourth-order valence-corrected chi connectivity index (χ4v) is 6.07. The number of sulfonamides is 1. The van der Waals surface area contributed by atoms with Crippen molar-refractivity contribution in [1.82, 2.24) is 15.0 Å². The topological polar surface area (TPSA) is 97.6 Å². The Morgan fingerprint density at radius 3 is 2.76 bits per heavy atom. The van der Waals surface area contributed by atoms with E-state index in [0.29, 0.717) is 34.4 Å². The van der Waals surface area contributed by atoms with Crippen molar-refractivity contribution in [2.75, 3.05) is 17.1 Å². The second-order valence-electron chi connectivity index (χ2n) is 6.72. The highest BCUT2D eigenvalue weighted by atomic mass is 32.2. The van der Waals surface area contributed by atoms with Gasteiger partial charge in [0, 0.05) is 37.1 Å². The zero-order valence-corrected chi connectivity index (χ0v) is 18.5. The molecule has 1 aliphatic heterocycles. The minimum atomic E-state index is -3.41. The molecular formula is C18H19N5O3S3. The third-order valence-corrected chi connectivity index (χ3v) is 7.64. The molecule has 0 bridgehead atoms. The summed E-state index contributed by atoms with van der Waals surface area (Å²) in [6.07, 6.45) is 6.81. The van der Waals surface area contributed by atoms with Crippen molar-refractivity contribution >= 4 is 43.4 Å². The summed E-state index contributed by atoms with van der Waals surface area (Å²) in [5, 5.41) is 6.32. The lowest BCUT2D eigenvalue weighted by Crippen LogP contribution is -2.36. The van der Waals surface area contributed by atoms with Crippen LogP contribution in [0.2, 0.25) is 0 Å². The van der Waals surface area contributed by atoms with Crippen LogP contribution in [0.1, 0.15) is 26.0 Å². The first-order valence-corrected chi connectivity index (χ1v) is 12.4. The number of nitrogens with zero attached hydrogens (tertiary/aromatic N) is 5. The van der Waals surface area contributed by atoms with Crippen LogP contribution in [0.25, 0.3) is 20.5 Å². The van der Waals surface area contributed by atoms with Crippen LogP contribution >= 0.6 is 22.7 Å². The molecule has 0 aliphatic carbocycles. The number of pyridine rings is 1. The predicted molar refractivity (Wildman–Crippen MR) is 116 cm³/mol. The summed E-state index contributed by atoms with van der Waals surface area (Å²) in [6.45, 7) is 4.10. The van der Waals surface area contributed by atoms with Gasteiger partial charge in [0.25, 0.3) is 0 Å². The molecule has 0 unspecified atom stereocenters. The first-order valence-electron chi connectivity index (χ1n) is 8.91. The van der Waals surface area contributed by atoms with Gasteiger partial charge >= 0.3 is 0 Å². The maximum Gasteiger partial charge on any atom is 0.232 e. The van der Waals surface area contributed by atoms with Gasteiger partial charge in [-0.15, -0.1) is 11.3 Å². The van der Waals surface area contributed by atoms with Crippen LogP contribution in [0.4, 0.5) is 5.00 Å². The number of oxime groups is 1. The van der Waals surface area contributed by atoms with Crippen molar-refractivity contribution in [1.29, 1.82) is 0 Å². The maximum absolute atomic E-state index is 12.3. The summed E-state index contributed by atoms with van der Waals surface area (Å²) >= 11 is 2.81. The van der Waals surface area contributed by atoms with E-state index in [4.69, 9.17) is 9.82 Å². The van der Waals surface area contributed by atoms with Gasteiger partial charge in [0.15, 0.2) is 0 Å². The third-order valence-electron chi connectivity index (χ3n) is 4.06. The summed E-state index contributed by atoms with van der Waals surface area (Å²) in [4.78, 5) is 19.6. The van der Waals surface area contributed by atoms with Crippen molar-refractivity contribution in [2.24, 2.45) is 5.16 Å². The first-order chi connectivity index (χ1) is 13.8. The molecule has 0 radical (unpaired) electrons. The number of thiazole rings is 2. The molecule has 1 aliphatic rings. The van der Waals surface area contributed by atoms with E-state index in [1.54, 1.807) is 18.6 Å². The zero-order valence-electron chi connectivity index (χ0n) is 16.1. The number of anilines is 1. The van der Waals surface area contributed by atoms with E-state index in [-0.39, 0.29) is 6.10 Å². The van der Waals surface area contributed by atoms with Crippen LogP contribution in [0.15, 0.2) is 35.9 Å². The molecule has 152 valence electrons. The molecule has 0 saturated heterocycles. The summed E-state index contributed by atoms with van der Waals surface area (Å²) in [5.74, 6) is 0. The fourth-order valence-electron chi connectivity index (χ4n) is 2.77. The van der Waals surface area contributed by atoms with Crippen LogP contribution < -0.4 is 4.31 Å². The first kappa shape index (κ1) is 19.9. The molecule has 0 amide bonds. The van der Waals surface area contributed by atoms with E-state index in [0.717, 1.165) is 15.4 Å². The Hall–Kier alpha value is -2.37. The largest absolute Gasteiger partial charge is 0.393 e. The van der Waals surface area contributed by atoms with E-state index in [9.17, 15) is 8.42 Å². The summed E-state index contributed by atoms with van der Waals surface area (Å²) in [7, 11) is -3.41. The van der Waals surface area contributed by atoms with Gasteiger partial charge < -0.3 is 4.84 Å². The zero-order chi connectivity index (χ0) is 20.6. The lowest BCUT2D eigenvalue weighted by atomic mass is 10.1. The number of rotatable bonds is 5. The molecule has 11 heteroatoms. The van der Waals surface area contributed by atoms with Crippen LogP contribution in [-0.4, -0.2) is 48.0 Å². The SMILES string of the molecule is CC(C)ON=C1CCN(S(C)(=O)=O)c2sc(-c3cnc(-c4cccnc4)s3)nc21. The Labute approximate surface area is 177 Å². The predicted octanol–water partition coefficient (Wildman–Crippen LogP) is 3.63.